The molecule has 2 aromatic rings. The van der Waals surface area contributed by atoms with Crippen molar-refractivity contribution in [1.82, 2.24) is 9.78 Å². The predicted molar refractivity (Wildman–Crippen MR) is 97.8 cm³/mol. The van der Waals surface area contributed by atoms with Crippen LogP contribution in [0.5, 0.6) is 0 Å². The minimum atomic E-state index is -0.171. The van der Waals surface area contributed by atoms with E-state index in [4.69, 9.17) is 0 Å². The number of nitrogens with one attached hydrogen (secondary N) is 1. The third kappa shape index (κ3) is 4.18. The molecule has 2 atom stereocenters. The summed E-state index contributed by atoms with van der Waals surface area (Å²) in [4.78, 5) is 13.5. The van der Waals surface area contributed by atoms with E-state index in [1.807, 2.05) is 41.9 Å². The Labute approximate surface area is 149 Å². The highest BCUT2D eigenvalue weighted by molar-refractivity contribution is 9.10. The van der Waals surface area contributed by atoms with Crippen molar-refractivity contribution in [3.8, 4) is 0 Å². The molecular formula is C17H20BrN3OS. The quantitative estimate of drug-likeness (QED) is 0.721. The maximum Gasteiger partial charge on any atom is 0.238 e. The summed E-state index contributed by atoms with van der Waals surface area (Å²) in [5.74, 6) is 1.49. The van der Waals surface area contributed by atoms with Crippen LogP contribution in [-0.2, 0) is 4.79 Å². The summed E-state index contributed by atoms with van der Waals surface area (Å²) in [5.41, 5.74) is 0. The number of nitrogens with zero attached hydrogens (tertiary/aromatic N) is 2. The van der Waals surface area contributed by atoms with Gasteiger partial charge in [0.15, 0.2) is 0 Å². The van der Waals surface area contributed by atoms with Gasteiger partial charge in [-0.3, -0.25) is 4.79 Å². The number of hydrogen-bond acceptors (Lipinski definition) is 3. The lowest BCUT2D eigenvalue weighted by Gasteiger charge is -2.17. The van der Waals surface area contributed by atoms with Crippen LogP contribution >= 0.6 is 27.7 Å². The highest BCUT2D eigenvalue weighted by atomic mass is 79.9. The van der Waals surface area contributed by atoms with E-state index in [1.165, 1.54) is 12.8 Å². The van der Waals surface area contributed by atoms with E-state index in [1.54, 1.807) is 18.0 Å². The van der Waals surface area contributed by atoms with Gasteiger partial charge in [0.05, 0.1) is 17.5 Å². The first-order valence-corrected chi connectivity index (χ1v) is 9.48. The molecule has 0 bridgehead atoms. The molecule has 6 heteroatoms. The number of thioether (sulfide) groups is 1. The van der Waals surface area contributed by atoms with Gasteiger partial charge in [0.2, 0.25) is 5.91 Å². The van der Waals surface area contributed by atoms with Crippen LogP contribution in [0, 0.1) is 5.92 Å². The molecule has 1 aliphatic rings. The molecule has 1 aromatic carbocycles. The van der Waals surface area contributed by atoms with E-state index in [9.17, 15) is 4.79 Å². The maximum absolute atomic E-state index is 12.5. The van der Waals surface area contributed by atoms with Crippen molar-refractivity contribution >= 4 is 39.4 Å². The first-order chi connectivity index (χ1) is 11.0. The summed E-state index contributed by atoms with van der Waals surface area (Å²) in [5, 5.41) is 7.22. The molecule has 2 unspecified atom stereocenters. The fourth-order valence-corrected chi connectivity index (χ4v) is 3.65. The molecule has 3 rings (SSSR count). The van der Waals surface area contributed by atoms with Gasteiger partial charge in [0.25, 0.3) is 0 Å². The summed E-state index contributed by atoms with van der Waals surface area (Å²) in [6.07, 6.45) is 4.26. The van der Waals surface area contributed by atoms with Gasteiger partial charge in [0.1, 0.15) is 5.82 Å². The number of anilines is 1. The van der Waals surface area contributed by atoms with Crippen LogP contribution in [0.2, 0.25) is 0 Å². The largest absolute Gasteiger partial charge is 0.310 e. The second-order valence-electron chi connectivity index (χ2n) is 5.94. The molecule has 1 amide bonds. The zero-order valence-electron chi connectivity index (χ0n) is 13.2. The number of hydrogen-bond donors (Lipinski definition) is 1. The lowest BCUT2D eigenvalue weighted by atomic mass is 10.2. The van der Waals surface area contributed by atoms with Gasteiger partial charge in [-0.25, -0.2) is 4.68 Å². The van der Waals surface area contributed by atoms with Crippen LogP contribution in [-0.4, -0.2) is 20.9 Å². The zero-order valence-corrected chi connectivity index (χ0v) is 15.6. The Hall–Kier alpha value is -1.27. The number of rotatable bonds is 6. The Balaban J connectivity index is 1.62. The van der Waals surface area contributed by atoms with Gasteiger partial charge in [-0.05, 0) is 56.9 Å². The number of carbonyl (C=O) groups is 1. The summed E-state index contributed by atoms with van der Waals surface area (Å²) >= 11 is 4.97. The molecule has 1 N–H and O–H groups in total. The van der Waals surface area contributed by atoms with Crippen molar-refractivity contribution in [2.45, 2.75) is 42.9 Å². The SMILES string of the molecule is CC(Sc1ccc(Br)cc1)C(=O)Nc1ccnn1C(C)C1CC1. The van der Waals surface area contributed by atoms with Crippen LogP contribution in [0.15, 0.2) is 45.9 Å². The molecule has 0 radical (unpaired) electrons. The maximum atomic E-state index is 12.5. The highest BCUT2D eigenvalue weighted by Crippen LogP contribution is 2.40. The Kier molecular flexibility index (Phi) is 5.11. The van der Waals surface area contributed by atoms with Crippen molar-refractivity contribution in [1.29, 1.82) is 0 Å². The molecular weight excluding hydrogens is 374 g/mol. The topological polar surface area (TPSA) is 46.9 Å². The van der Waals surface area contributed by atoms with Crippen LogP contribution in [0.3, 0.4) is 0 Å². The van der Waals surface area contributed by atoms with E-state index in [-0.39, 0.29) is 11.2 Å². The molecule has 1 fully saturated rings. The van der Waals surface area contributed by atoms with Crippen molar-refractivity contribution < 1.29 is 4.79 Å². The third-order valence-corrected chi connectivity index (χ3v) is 5.75. The summed E-state index contributed by atoms with van der Waals surface area (Å²) < 4.78 is 2.98. The van der Waals surface area contributed by atoms with Crippen LogP contribution in [0.1, 0.15) is 32.7 Å². The van der Waals surface area contributed by atoms with E-state index in [0.717, 1.165) is 15.2 Å². The van der Waals surface area contributed by atoms with Crippen LogP contribution < -0.4 is 5.32 Å². The van der Waals surface area contributed by atoms with E-state index >= 15 is 0 Å². The van der Waals surface area contributed by atoms with Gasteiger partial charge in [-0.15, -0.1) is 11.8 Å². The minimum Gasteiger partial charge on any atom is -0.310 e. The van der Waals surface area contributed by atoms with Crippen molar-refractivity contribution in [2.24, 2.45) is 5.92 Å². The summed E-state index contributed by atoms with van der Waals surface area (Å²) in [6.45, 7) is 4.09. The first kappa shape index (κ1) is 16.6. The molecule has 23 heavy (non-hydrogen) atoms. The highest BCUT2D eigenvalue weighted by Gasteiger charge is 2.31. The number of benzene rings is 1. The van der Waals surface area contributed by atoms with Gasteiger partial charge >= 0.3 is 0 Å². The zero-order chi connectivity index (χ0) is 16.4. The van der Waals surface area contributed by atoms with E-state index in [0.29, 0.717) is 12.0 Å². The fourth-order valence-electron chi connectivity index (χ4n) is 2.51. The van der Waals surface area contributed by atoms with Crippen molar-refractivity contribution in [3.05, 3.63) is 41.0 Å². The number of halogens is 1. The van der Waals surface area contributed by atoms with E-state index in [2.05, 4.69) is 33.3 Å². The van der Waals surface area contributed by atoms with Crippen LogP contribution in [0.25, 0.3) is 0 Å². The van der Waals surface area contributed by atoms with Gasteiger partial charge in [-0.1, -0.05) is 15.9 Å². The smallest absolute Gasteiger partial charge is 0.238 e. The lowest BCUT2D eigenvalue weighted by Crippen LogP contribution is -2.25. The number of carbonyl (C=O) groups excluding carboxylic acids is 1. The molecule has 0 spiro atoms. The Morgan fingerprint density at radius 3 is 2.65 bits per heavy atom. The van der Waals surface area contributed by atoms with Gasteiger partial charge in [0, 0.05) is 15.4 Å². The summed E-state index contributed by atoms with van der Waals surface area (Å²) in [6, 6.07) is 10.2. The van der Waals surface area contributed by atoms with Crippen molar-refractivity contribution in [3.63, 3.8) is 0 Å². The fraction of sp³-hybridized carbons (Fsp3) is 0.412. The van der Waals surface area contributed by atoms with Crippen LogP contribution in [0.4, 0.5) is 5.82 Å². The molecule has 1 saturated carbocycles. The minimum absolute atomic E-state index is 0.00247. The molecule has 0 aliphatic heterocycles. The molecule has 1 heterocycles. The summed E-state index contributed by atoms with van der Waals surface area (Å²) in [7, 11) is 0. The first-order valence-electron chi connectivity index (χ1n) is 7.81. The average Bonchev–Trinajstić information content (AvgIpc) is 3.29. The second kappa shape index (κ2) is 7.09. The average molecular weight is 394 g/mol. The molecule has 1 aliphatic carbocycles. The van der Waals surface area contributed by atoms with Gasteiger partial charge < -0.3 is 5.32 Å². The predicted octanol–water partition coefficient (Wildman–Crippen LogP) is 4.74. The van der Waals surface area contributed by atoms with Crippen molar-refractivity contribution in [2.75, 3.05) is 5.32 Å². The molecule has 0 saturated heterocycles. The molecule has 4 nitrogen and oxygen atoms in total. The second-order valence-corrected chi connectivity index (χ2v) is 8.27. The standard InChI is InChI=1S/C17H20BrN3OS/c1-11(13-3-4-13)21-16(9-10-19-21)20-17(22)12(2)23-15-7-5-14(18)6-8-15/h5-13H,3-4H2,1-2H3,(H,20,22). The Morgan fingerprint density at radius 1 is 1.30 bits per heavy atom. The molecule has 1 aromatic heterocycles. The number of amides is 1. The lowest BCUT2D eigenvalue weighted by molar-refractivity contribution is -0.115. The third-order valence-electron chi connectivity index (χ3n) is 4.11. The molecule has 122 valence electrons. The van der Waals surface area contributed by atoms with Gasteiger partial charge in [-0.2, -0.15) is 5.10 Å². The number of aromatic nitrogens is 2. The Morgan fingerprint density at radius 2 is 2.00 bits per heavy atom. The normalized spacial score (nSPS) is 16.8. The Bertz CT molecular complexity index is 681. The van der Waals surface area contributed by atoms with E-state index < -0.39 is 0 Å². The monoisotopic (exact) mass is 393 g/mol.